The Hall–Kier alpha value is -3.94. The number of hydrogen-bond donors (Lipinski definition) is 1. The highest BCUT2D eigenvalue weighted by molar-refractivity contribution is 5.98. The molecule has 0 unspecified atom stereocenters. The molecule has 2 aromatic heterocycles. The summed E-state index contributed by atoms with van der Waals surface area (Å²) in [7, 11) is 1.20. The second kappa shape index (κ2) is 9.71. The number of nitrogens with one attached hydrogen (secondary N) is 1. The largest absolute Gasteiger partial charge is 0.467 e. The summed E-state index contributed by atoms with van der Waals surface area (Å²) in [5.41, 5.74) is 0.688. The minimum absolute atomic E-state index is 0.158. The smallest absolute Gasteiger partial charge is 0.340 e. The zero-order valence-corrected chi connectivity index (χ0v) is 17.2. The molecular formula is C23H22N2O6. The Morgan fingerprint density at radius 3 is 2.45 bits per heavy atom. The topological polar surface area (TPSA) is 103 Å². The van der Waals surface area contributed by atoms with Crippen molar-refractivity contribution in [2.45, 2.75) is 19.4 Å². The van der Waals surface area contributed by atoms with Crippen LogP contribution in [0.5, 0.6) is 0 Å². The van der Waals surface area contributed by atoms with Crippen LogP contribution in [0.1, 0.15) is 33.2 Å². The van der Waals surface area contributed by atoms with Gasteiger partial charge in [0, 0.05) is 23.7 Å². The molecule has 0 radical (unpaired) electrons. The summed E-state index contributed by atoms with van der Waals surface area (Å²) >= 11 is 0. The Bertz CT molecular complexity index is 1170. The van der Waals surface area contributed by atoms with Gasteiger partial charge < -0.3 is 14.8 Å². The van der Waals surface area contributed by atoms with E-state index in [1.807, 2.05) is 0 Å². The fourth-order valence-electron chi connectivity index (χ4n) is 3.21. The van der Waals surface area contributed by atoms with Gasteiger partial charge in [0.25, 0.3) is 11.5 Å². The van der Waals surface area contributed by atoms with Gasteiger partial charge in [0.2, 0.25) is 0 Å². The SMILES string of the molecule is CCOC(=O)c1cc(C[C@H](NC(=O)c2ccccc2)C(=O)OC)c(=O)n2ccccc12. The highest BCUT2D eigenvalue weighted by atomic mass is 16.5. The predicted octanol–water partition coefficient (Wildman–Crippen LogP) is 1.99. The van der Waals surface area contributed by atoms with Gasteiger partial charge in [-0.25, -0.2) is 9.59 Å². The van der Waals surface area contributed by atoms with Crippen LogP contribution in [0.4, 0.5) is 0 Å². The number of carbonyl (C=O) groups is 3. The van der Waals surface area contributed by atoms with Gasteiger partial charge in [0.1, 0.15) is 6.04 Å². The van der Waals surface area contributed by atoms with Crippen LogP contribution in [0.15, 0.2) is 65.6 Å². The molecule has 8 heteroatoms. The van der Waals surface area contributed by atoms with Crippen LogP contribution in [-0.4, -0.2) is 42.0 Å². The Labute approximate surface area is 178 Å². The minimum Gasteiger partial charge on any atom is -0.467 e. The number of pyridine rings is 2. The monoisotopic (exact) mass is 422 g/mol. The van der Waals surface area contributed by atoms with E-state index in [1.54, 1.807) is 55.5 Å². The quantitative estimate of drug-likeness (QED) is 0.584. The van der Waals surface area contributed by atoms with Crippen molar-refractivity contribution in [2.24, 2.45) is 0 Å². The lowest BCUT2D eigenvalue weighted by Crippen LogP contribution is -2.44. The molecular weight excluding hydrogens is 400 g/mol. The summed E-state index contributed by atoms with van der Waals surface area (Å²) in [6.07, 6.45) is 1.37. The number of carbonyl (C=O) groups excluding carboxylic acids is 3. The van der Waals surface area contributed by atoms with Crippen molar-refractivity contribution in [3.63, 3.8) is 0 Å². The molecule has 1 N–H and O–H groups in total. The van der Waals surface area contributed by atoms with E-state index in [-0.39, 0.29) is 24.2 Å². The summed E-state index contributed by atoms with van der Waals surface area (Å²) in [6.45, 7) is 1.85. The first-order valence-electron chi connectivity index (χ1n) is 9.70. The summed E-state index contributed by atoms with van der Waals surface area (Å²) < 4.78 is 11.2. The third-order valence-electron chi connectivity index (χ3n) is 4.69. The number of benzene rings is 1. The summed E-state index contributed by atoms with van der Waals surface area (Å²) in [5.74, 6) is -1.78. The Morgan fingerprint density at radius 1 is 1.06 bits per heavy atom. The molecule has 3 aromatic rings. The first kappa shape index (κ1) is 21.8. The lowest BCUT2D eigenvalue weighted by Gasteiger charge is -2.17. The van der Waals surface area contributed by atoms with Gasteiger partial charge in [0.15, 0.2) is 0 Å². The van der Waals surface area contributed by atoms with Crippen LogP contribution in [0.25, 0.3) is 5.52 Å². The van der Waals surface area contributed by atoms with Crippen molar-refractivity contribution in [1.29, 1.82) is 0 Å². The van der Waals surface area contributed by atoms with E-state index in [0.29, 0.717) is 11.1 Å². The van der Waals surface area contributed by atoms with E-state index in [2.05, 4.69) is 5.32 Å². The molecule has 0 spiro atoms. The van der Waals surface area contributed by atoms with Crippen LogP contribution in [0.2, 0.25) is 0 Å². The highest BCUT2D eigenvalue weighted by Gasteiger charge is 2.25. The van der Waals surface area contributed by atoms with Crippen molar-refractivity contribution in [3.05, 3.63) is 87.8 Å². The average Bonchev–Trinajstić information content (AvgIpc) is 2.80. The van der Waals surface area contributed by atoms with Crippen LogP contribution in [-0.2, 0) is 20.7 Å². The summed E-state index contributed by atoms with van der Waals surface area (Å²) in [5, 5.41) is 2.60. The molecule has 0 bridgehead atoms. The van der Waals surface area contributed by atoms with Crippen LogP contribution in [0, 0.1) is 0 Å². The average molecular weight is 422 g/mol. The molecule has 0 saturated heterocycles. The Kier molecular flexibility index (Phi) is 6.81. The zero-order chi connectivity index (χ0) is 22.4. The van der Waals surface area contributed by atoms with E-state index in [4.69, 9.17) is 9.47 Å². The number of hydrogen-bond acceptors (Lipinski definition) is 6. The number of nitrogens with zero attached hydrogens (tertiary/aromatic N) is 1. The van der Waals surface area contributed by atoms with E-state index in [0.717, 1.165) is 0 Å². The molecule has 0 aliphatic rings. The van der Waals surface area contributed by atoms with Gasteiger partial charge in [-0.3, -0.25) is 14.0 Å². The van der Waals surface area contributed by atoms with Crippen LogP contribution < -0.4 is 10.9 Å². The molecule has 0 saturated carbocycles. The molecule has 3 rings (SSSR count). The molecule has 8 nitrogen and oxygen atoms in total. The number of ether oxygens (including phenoxy) is 2. The minimum atomic E-state index is -1.12. The van der Waals surface area contributed by atoms with Gasteiger partial charge in [-0.05, 0) is 37.3 Å². The standard InChI is InChI=1S/C23H22N2O6/c1-3-31-22(28)17-13-16(21(27)25-12-8-7-11-19(17)25)14-18(23(29)30-2)24-20(26)15-9-5-4-6-10-15/h4-13,18H,3,14H2,1-2H3,(H,24,26)/t18-/m0/s1. The molecule has 0 aliphatic carbocycles. The van der Waals surface area contributed by atoms with E-state index >= 15 is 0 Å². The number of rotatable bonds is 7. The third kappa shape index (κ3) is 4.80. The third-order valence-corrected chi connectivity index (χ3v) is 4.69. The van der Waals surface area contributed by atoms with Gasteiger partial charge in [-0.1, -0.05) is 24.3 Å². The van der Waals surface area contributed by atoms with Crippen molar-refractivity contribution in [2.75, 3.05) is 13.7 Å². The molecule has 1 amide bonds. The van der Waals surface area contributed by atoms with Gasteiger partial charge >= 0.3 is 11.9 Å². The van der Waals surface area contributed by atoms with Crippen molar-refractivity contribution < 1.29 is 23.9 Å². The van der Waals surface area contributed by atoms with E-state index in [1.165, 1.54) is 23.8 Å². The highest BCUT2D eigenvalue weighted by Crippen LogP contribution is 2.14. The van der Waals surface area contributed by atoms with Crippen molar-refractivity contribution >= 4 is 23.4 Å². The number of amides is 1. The zero-order valence-electron chi connectivity index (χ0n) is 17.2. The number of aromatic nitrogens is 1. The number of methoxy groups -OCH3 is 1. The first-order chi connectivity index (χ1) is 15.0. The Balaban J connectivity index is 2.01. The molecule has 1 atom stereocenters. The van der Waals surface area contributed by atoms with Gasteiger partial charge in [-0.15, -0.1) is 0 Å². The molecule has 0 aliphatic heterocycles. The van der Waals surface area contributed by atoms with Gasteiger partial charge in [0.05, 0.1) is 24.8 Å². The Morgan fingerprint density at radius 2 is 1.77 bits per heavy atom. The maximum atomic E-state index is 13.0. The lowest BCUT2D eigenvalue weighted by molar-refractivity contribution is -0.142. The van der Waals surface area contributed by atoms with Gasteiger partial charge in [-0.2, -0.15) is 0 Å². The normalized spacial score (nSPS) is 11.5. The molecule has 1 aromatic carbocycles. The lowest BCUT2D eigenvalue weighted by atomic mass is 10.0. The van der Waals surface area contributed by atoms with Crippen LogP contribution >= 0.6 is 0 Å². The van der Waals surface area contributed by atoms with E-state index < -0.39 is 29.4 Å². The molecule has 2 heterocycles. The second-order valence-electron chi connectivity index (χ2n) is 6.68. The number of esters is 2. The fourth-order valence-corrected chi connectivity index (χ4v) is 3.21. The fraction of sp³-hybridized carbons (Fsp3) is 0.217. The van der Waals surface area contributed by atoms with E-state index in [9.17, 15) is 19.2 Å². The number of fused-ring (bicyclic) bond motifs is 1. The predicted molar refractivity (Wildman–Crippen MR) is 113 cm³/mol. The molecule has 31 heavy (non-hydrogen) atoms. The van der Waals surface area contributed by atoms with Crippen molar-refractivity contribution in [1.82, 2.24) is 9.72 Å². The summed E-state index contributed by atoms with van der Waals surface area (Å²) in [6, 6.07) is 13.6. The molecule has 160 valence electrons. The molecule has 0 fully saturated rings. The maximum Gasteiger partial charge on any atom is 0.340 e. The summed E-state index contributed by atoms with van der Waals surface area (Å²) in [4.78, 5) is 50.4. The maximum absolute atomic E-state index is 13.0. The first-order valence-corrected chi connectivity index (χ1v) is 9.70. The van der Waals surface area contributed by atoms with Crippen LogP contribution in [0.3, 0.4) is 0 Å². The van der Waals surface area contributed by atoms with Crippen molar-refractivity contribution in [3.8, 4) is 0 Å². The second-order valence-corrected chi connectivity index (χ2v) is 6.68.